The van der Waals surface area contributed by atoms with Gasteiger partial charge in [0.05, 0.1) is 55.8 Å². The van der Waals surface area contributed by atoms with Gasteiger partial charge in [-0.1, -0.05) is 62.4 Å². The zero-order valence-electron chi connectivity index (χ0n) is 37.3. The second-order valence-electron chi connectivity index (χ2n) is 17.6. The van der Waals surface area contributed by atoms with Crippen molar-refractivity contribution in [3.05, 3.63) is 102 Å². The topological polar surface area (TPSA) is 193 Å². The van der Waals surface area contributed by atoms with E-state index in [9.17, 15) is 19.2 Å². The number of nitrogens with zero attached hydrogens (tertiary/aromatic N) is 4. The van der Waals surface area contributed by atoms with E-state index >= 15 is 0 Å². The molecule has 0 unspecified atom stereocenters. The molecular formula is C49H54N8O8. The maximum absolute atomic E-state index is 14.3. The minimum atomic E-state index is -0.948. The van der Waals surface area contributed by atoms with Crippen molar-refractivity contribution < 1.29 is 38.1 Å². The van der Waals surface area contributed by atoms with E-state index in [1.165, 1.54) is 14.2 Å². The largest absolute Gasteiger partial charge is 0.488 e. The maximum Gasteiger partial charge on any atom is 0.407 e. The number of aromatic nitrogens is 4. The highest BCUT2D eigenvalue weighted by Crippen LogP contribution is 2.44. The number of fused-ring (bicyclic) bond motifs is 6. The van der Waals surface area contributed by atoms with Crippen molar-refractivity contribution in [3.8, 4) is 28.1 Å². The molecule has 16 heteroatoms. The summed E-state index contributed by atoms with van der Waals surface area (Å²) in [7, 11) is 4.22. The SMILES string of the molecule is COC[C@@H]1C[C@H](c2ncc(-c3ccc4c(c3)COc3cc5c(ccc6[nH]c([C@@H]7CC[C@H](C)N7C(=O)[C@H](NC(=O)OC)C(C)C)nc65)cc3-4)[nH]2)N(C(=O)[C@H](NC(=O)OC)c2ccccc2)C1. The number of carbonyl (C=O) groups excluding carboxylic acids is 4. The van der Waals surface area contributed by atoms with Crippen LogP contribution in [0.1, 0.15) is 80.9 Å². The maximum atomic E-state index is 14.3. The first-order valence-electron chi connectivity index (χ1n) is 22.1. The summed E-state index contributed by atoms with van der Waals surface area (Å²) in [5, 5.41) is 7.42. The van der Waals surface area contributed by atoms with Gasteiger partial charge < -0.3 is 49.3 Å². The first kappa shape index (κ1) is 43.3. The minimum absolute atomic E-state index is 0.0342. The number of H-pyrrole nitrogens is 2. The zero-order valence-corrected chi connectivity index (χ0v) is 37.3. The number of ether oxygens (including phenoxy) is 4. The first-order valence-corrected chi connectivity index (χ1v) is 22.1. The third-order valence-corrected chi connectivity index (χ3v) is 13.1. The molecule has 4 N–H and O–H groups in total. The lowest BCUT2D eigenvalue weighted by Crippen LogP contribution is -2.52. The number of benzene rings is 4. The number of nitrogens with one attached hydrogen (secondary N) is 4. The molecule has 3 aliphatic rings. The quantitative estimate of drug-likeness (QED) is 0.100. The molecule has 0 aliphatic carbocycles. The number of alkyl carbamates (subject to hydrolysis) is 2. The number of hydrogen-bond donors (Lipinski definition) is 4. The molecule has 0 radical (unpaired) electrons. The number of aromatic amines is 2. The number of likely N-dealkylation sites (tertiary alicyclic amines) is 2. The van der Waals surface area contributed by atoms with Gasteiger partial charge in [-0.25, -0.2) is 19.6 Å². The minimum Gasteiger partial charge on any atom is -0.488 e. The van der Waals surface area contributed by atoms with E-state index in [0.29, 0.717) is 43.4 Å². The van der Waals surface area contributed by atoms with Crippen LogP contribution in [-0.4, -0.2) is 100 Å². The van der Waals surface area contributed by atoms with Crippen molar-refractivity contribution in [2.24, 2.45) is 11.8 Å². The monoisotopic (exact) mass is 882 g/mol. The van der Waals surface area contributed by atoms with Crippen LogP contribution < -0.4 is 15.4 Å². The Hall–Kier alpha value is -6.94. The van der Waals surface area contributed by atoms with Gasteiger partial charge in [0.2, 0.25) is 5.91 Å². The van der Waals surface area contributed by atoms with Crippen LogP contribution in [0.25, 0.3) is 44.2 Å². The molecule has 4 aromatic carbocycles. The first-order chi connectivity index (χ1) is 31.5. The van der Waals surface area contributed by atoms with Gasteiger partial charge in [-0.3, -0.25) is 9.59 Å². The van der Waals surface area contributed by atoms with E-state index in [1.807, 2.05) is 62.1 Å². The van der Waals surface area contributed by atoms with E-state index in [2.05, 4.69) is 57.0 Å². The molecule has 2 fully saturated rings. The molecule has 3 aliphatic heterocycles. The molecule has 0 bridgehead atoms. The van der Waals surface area contributed by atoms with Crippen molar-refractivity contribution in [2.45, 2.75) is 76.8 Å². The third-order valence-electron chi connectivity index (χ3n) is 13.1. The predicted molar refractivity (Wildman–Crippen MR) is 243 cm³/mol. The van der Waals surface area contributed by atoms with Crippen LogP contribution in [0.5, 0.6) is 5.75 Å². The molecule has 5 heterocycles. The summed E-state index contributed by atoms with van der Waals surface area (Å²) >= 11 is 0. The fourth-order valence-corrected chi connectivity index (χ4v) is 9.83. The Balaban J connectivity index is 0.974. The fraction of sp³-hybridized carbons (Fsp3) is 0.388. The van der Waals surface area contributed by atoms with E-state index in [-0.39, 0.29) is 41.8 Å². The van der Waals surface area contributed by atoms with E-state index in [0.717, 1.165) is 68.3 Å². The molecular weight excluding hydrogens is 829 g/mol. The van der Waals surface area contributed by atoms with Crippen LogP contribution in [-0.2, 0) is 30.4 Å². The van der Waals surface area contributed by atoms with Crippen LogP contribution in [0.2, 0.25) is 0 Å². The lowest BCUT2D eigenvalue weighted by Gasteiger charge is -2.32. The molecule has 4 amide bonds. The molecule has 0 saturated carbocycles. The lowest BCUT2D eigenvalue weighted by molar-refractivity contribution is -0.137. The fourth-order valence-electron chi connectivity index (χ4n) is 9.83. The van der Waals surface area contributed by atoms with Crippen LogP contribution in [0, 0.1) is 11.8 Å². The Labute approximate surface area is 376 Å². The summed E-state index contributed by atoms with van der Waals surface area (Å²) < 4.78 is 21.7. The molecule has 0 spiro atoms. The Morgan fingerprint density at radius 3 is 2.40 bits per heavy atom. The van der Waals surface area contributed by atoms with Crippen LogP contribution in [0.15, 0.2) is 79.0 Å². The average molecular weight is 883 g/mol. The highest BCUT2D eigenvalue weighted by Gasteiger charge is 2.43. The Bertz CT molecular complexity index is 2770. The van der Waals surface area contributed by atoms with Crippen molar-refractivity contribution in [1.82, 2.24) is 40.4 Å². The van der Waals surface area contributed by atoms with Crippen molar-refractivity contribution >= 4 is 45.8 Å². The third kappa shape index (κ3) is 8.22. The number of imidazole rings is 2. The number of hydrogen-bond acceptors (Lipinski definition) is 10. The smallest absolute Gasteiger partial charge is 0.407 e. The molecule has 6 atom stereocenters. The Morgan fingerprint density at radius 1 is 0.862 bits per heavy atom. The molecule has 9 rings (SSSR count). The number of carbonyl (C=O) groups is 4. The number of amides is 4. The van der Waals surface area contributed by atoms with Crippen LogP contribution in [0.3, 0.4) is 0 Å². The molecule has 338 valence electrons. The van der Waals surface area contributed by atoms with Gasteiger partial charge in [0.15, 0.2) is 0 Å². The average Bonchev–Trinajstić information content (AvgIpc) is 4.15. The highest BCUT2D eigenvalue weighted by molar-refractivity contribution is 6.07. The predicted octanol–water partition coefficient (Wildman–Crippen LogP) is 7.73. The number of methoxy groups -OCH3 is 3. The lowest BCUT2D eigenvalue weighted by atomic mass is 9.92. The van der Waals surface area contributed by atoms with Crippen molar-refractivity contribution in [2.75, 3.05) is 34.5 Å². The molecule has 65 heavy (non-hydrogen) atoms. The van der Waals surface area contributed by atoms with Gasteiger partial charge in [-0.15, -0.1) is 0 Å². The summed E-state index contributed by atoms with van der Waals surface area (Å²) in [5.74, 6) is 1.61. The van der Waals surface area contributed by atoms with Gasteiger partial charge >= 0.3 is 12.2 Å². The van der Waals surface area contributed by atoms with Crippen molar-refractivity contribution in [3.63, 3.8) is 0 Å². The second kappa shape index (κ2) is 17.9. The normalized spacial score (nSPS) is 20.0. The van der Waals surface area contributed by atoms with Gasteiger partial charge in [0, 0.05) is 36.6 Å². The van der Waals surface area contributed by atoms with Gasteiger partial charge in [0.1, 0.15) is 36.1 Å². The zero-order chi connectivity index (χ0) is 45.5. The highest BCUT2D eigenvalue weighted by atomic mass is 16.5. The van der Waals surface area contributed by atoms with E-state index < -0.39 is 24.3 Å². The molecule has 16 nitrogen and oxygen atoms in total. The molecule has 2 saturated heterocycles. The van der Waals surface area contributed by atoms with Crippen LogP contribution >= 0.6 is 0 Å². The van der Waals surface area contributed by atoms with E-state index in [4.69, 9.17) is 28.9 Å². The second-order valence-corrected chi connectivity index (χ2v) is 17.6. The summed E-state index contributed by atoms with van der Waals surface area (Å²) in [6.07, 6.45) is 2.64. The Morgan fingerprint density at radius 2 is 1.65 bits per heavy atom. The Kier molecular flexibility index (Phi) is 11.9. The van der Waals surface area contributed by atoms with E-state index in [1.54, 1.807) is 18.2 Å². The van der Waals surface area contributed by atoms with Gasteiger partial charge in [-0.05, 0) is 84.0 Å². The summed E-state index contributed by atoms with van der Waals surface area (Å²) in [4.78, 5) is 73.5. The van der Waals surface area contributed by atoms with Crippen molar-refractivity contribution in [1.29, 1.82) is 0 Å². The molecule has 6 aromatic rings. The molecule has 2 aromatic heterocycles. The van der Waals surface area contributed by atoms with Gasteiger partial charge in [0.25, 0.3) is 5.91 Å². The summed E-state index contributed by atoms with van der Waals surface area (Å²) in [6.45, 7) is 7.11. The summed E-state index contributed by atoms with van der Waals surface area (Å²) in [5.41, 5.74) is 7.09. The van der Waals surface area contributed by atoms with Gasteiger partial charge in [-0.2, -0.15) is 0 Å². The summed E-state index contributed by atoms with van der Waals surface area (Å²) in [6, 6.07) is 21.3. The van der Waals surface area contributed by atoms with Crippen LogP contribution in [0.4, 0.5) is 9.59 Å². The number of rotatable bonds is 11. The standard InChI is InChI=1S/C49H54N8O8/c1-26(2)41(54-48(60)63-5)47(59)57-27(3)12-17-38(57)45-51-36-16-14-30-20-35-33-15-13-31(19-32(33)25-65-40(35)21-34(30)43(36)53-45)37-22-50-44(52-37)39-18-28(24-62-4)23-56(39)46(58)42(55-49(61)64-6)29-10-8-7-9-11-29/h7-11,13-16,19-22,26-28,38-39,41-42H,12,17-18,23-25H2,1-6H3,(H,50,52)(H,51,53)(H,54,60)(H,55,61)/t27-,28+,38-,39+,41+,42+/m0/s1.